The number of nitrogens with one attached hydrogen (secondary N) is 1. The Bertz CT molecular complexity index is 613. The van der Waals surface area contributed by atoms with Gasteiger partial charge in [0, 0.05) is 36.2 Å². The van der Waals surface area contributed by atoms with Crippen LogP contribution < -0.4 is 5.32 Å². The number of fused-ring (bicyclic) bond motifs is 1. The van der Waals surface area contributed by atoms with Crippen LogP contribution in [0.2, 0.25) is 0 Å². The van der Waals surface area contributed by atoms with Crippen LogP contribution >= 0.6 is 0 Å². The number of benzene rings is 1. The van der Waals surface area contributed by atoms with Crippen LogP contribution in [0.15, 0.2) is 36.5 Å². The van der Waals surface area contributed by atoms with Gasteiger partial charge in [0.15, 0.2) is 0 Å². The monoisotopic (exact) mass is 284 g/mol. The smallest absolute Gasteiger partial charge is 0.0873 e. The van der Waals surface area contributed by atoms with E-state index in [4.69, 9.17) is 4.74 Å². The lowest BCUT2D eigenvalue weighted by Crippen LogP contribution is -2.39. The molecule has 1 aliphatic rings. The van der Waals surface area contributed by atoms with Gasteiger partial charge in [-0.15, -0.1) is 0 Å². The number of pyridine rings is 1. The van der Waals surface area contributed by atoms with Crippen molar-refractivity contribution in [1.29, 1.82) is 0 Å². The first-order valence-electron chi connectivity index (χ1n) is 7.75. The van der Waals surface area contributed by atoms with Gasteiger partial charge in [-0.25, -0.2) is 0 Å². The lowest BCUT2D eigenvalue weighted by Gasteiger charge is -2.26. The molecular formula is C18H24N2O. The summed E-state index contributed by atoms with van der Waals surface area (Å²) < 4.78 is 6.06. The van der Waals surface area contributed by atoms with Crippen LogP contribution in [-0.2, 0) is 4.74 Å². The third kappa shape index (κ3) is 3.25. The topological polar surface area (TPSA) is 34.1 Å². The summed E-state index contributed by atoms with van der Waals surface area (Å²) in [6.07, 6.45) is 3.19. The molecule has 0 spiro atoms. The number of nitrogens with zero attached hydrogens (tertiary/aromatic N) is 1. The summed E-state index contributed by atoms with van der Waals surface area (Å²) in [5, 5.41) is 4.83. The first-order valence-corrected chi connectivity index (χ1v) is 7.75. The van der Waals surface area contributed by atoms with Gasteiger partial charge in [-0.2, -0.15) is 0 Å². The highest BCUT2D eigenvalue weighted by Crippen LogP contribution is 2.37. The molecule has 0 amide bonds. The van der Waals surface area contributed by atoms with Gasteiger partial charge in [-0.05, 0) is 44.9 Å². The normalized spacial score (nSPS) is 22.8. The summed E-state index contributed by atoms with van der Waals surface area (Å²) in [4.78, 5) is 4.45. The molecule has 112 valence electrons. The zero-order valence-corrected chi connectivity index (χ0v) is 13.1. The lowest BCUT2D eigenvalue weighted by atomic mass is 9.92. The molecule has 1 aliphatic heterocycles. The maximum absolute atomic E-state index is 6.06. The molecule has 3 rings (SSSR count). The Morgan fingerprint density at radius 3 is 2.86 bits per heavy atom. The first kappa shape index (κ1) is 14.5. The number of hydrogen-bond acceptors (Lipinski definition) is 3. The zero-order valence-electron chi connectivity index (χ0n) is 13.1. The number of rotatable bonds is 3. The first-order chi connectivity index (χ1) is 10.0. The van der Waals surface area contributed by atoms with Gasteiger partial charge < -0.3 is 10.1 Å². The third-order valence-corrected chi connectivity index (χ3v) is 4.10. The molecule has 2 unspecified atom stereocenters. The SMILES string of the molecule is CC(C)(C)NCC1CCOC1c1ccnc2ccccc12. The maximum atomic E-state index is 6.06. The summed E-state index contributed by atoms with van der Waals surface area (Å²) in [5.41, 5.74) is 2.47. The van der Waals surface area contributed by atoms with Crippen LogP contribution in [0.3, 0.4) is 0 Å². The highest BCUT2D eigenvalue weighted by Gasteiger charge is 2.31. The fraction of sp³-hybridized carbons (Fsp3) is 0.500. The van der Waals surface area contributed by atoms with Crippen molar-refractivity contribution in [2.45, 2.75) is 38.8 Å². The molecule has 0 saturated carbocycles. The second-order valence-electron chi connectivity index (χ2n) is 6.89. The van der Waals surface area contributed by atoms with E-state index < -0.39 is 0 Å². The summed E-state index contributed by atoms with van der Waals surface area (Å²) >= 11 is 0. The predicted molar refractivity (Wildman–Crippen MR) is 86.3 cm³/mol. The van der Waals surface area contributed by atoms with Crippen molar-refractivity contribution in [1.82, 2.24) is 10.3 Å². The molecule has 2 atom stereocenters. The quantitative estimate of drug-likeness (QED) is 0.933. The number of ether oxygens (including phenoxy) is 1. The van der Waals surface area contributed by atoms with Crippen LogP contribution in [0.5, 0.6) is 0 Å². The van der Waals surface area contributed by atoms with Crippen molar-refractivity contribution in [3.63, 3.8) is 0 Å². The zero-order chi connectivity index (χ0) is 14.9. The fourth-order valence-corrected chi connectivity index (χ4v) is 2.99. The van der Waals surface area contributed by atoms with Gasteiger partial charge >= 0.3 is 0 Å². The number of aromatic nitrogens is 1. The molecule has 0 aliphatic carbocycles. The van der Waals surface area contributed by atoms with Crippen molar-refractivity contribution in [2.75, 3.05) is 13.2 Å². The second kappa shape index (κ2) is 5.74. The molecule has 21 heavy (non-hydrogen) atoms. The van der Waals surface area contributed by atoms with Crippen LogP contribution in [0, 0.1) is 5.92 Å². The lowest BCUT2D eigenvalue weighted by molar-refractivity contribution is 0.0900. The average molecular weight is 284 g/mol. The molecule has 1 aromatic heterocycles. The van der Waals surface area contributed by atoms with Crippen molar-refractivity contribution < 1.29 is 4.74 Å². The minimum atomic E-state index is 0.146. The molecule has 1 saturated heterocycles. The van der Waals surface area contributed by atoms with Crippen molar-refractivity contribution in [2.24, 2.45) is 5.92 Å². The van der Waals surface area contributed by atoms with Gasteiger partial charge in [0.25, 0.3) is 0 Å². The summed E-state index contributed by atoms with van der Waals surface area (Å²) in [6, 6.07) is 10.4. The maximum Gasteiger partial charge on any atom is 0.0873 e. The van der Waals surface area contributed by atoms with Crippen molar-refractivity contribution in [3.8, 4) is 0 Å². The average Bonchev–Trinajstić information content (AvgIpc) is 2.92. The number of hydrogen-bond donors (Lipinski definition) is 1. The Balaban J connectivity index is 1.87. The minimum Gasteiger partial charge on any atom is -0.373 e. The second-order valence-corrected chi connectivity index (χ2v) is 6.89. The molecule has 1 aromatic carbocycles. The van der Waals surface area contributed by atoms with Gasteiger partial charge in [0.05, 0.1) is 11.6 Å². The molecule has 1 fully saturated rings. The largest absolute Gasteiger partial charge is 0.373 e. The van der Waals surface area contributed by atoms with Crippen LogP contribution in [0.25, 0.3) is 10.9 Å². The highest BCUT2D eigenvalue weighted by molar-refractivity contribution is 5.82. The van der Waals surface area contributed by atoms with E-state index in [0.29, 0.717) is 5.92 Å². The predicted octanol–water partition coefficient (Wildman–Crippen LogP) is 3.70. The van der Waals surface area contributed by atoms with Gasteiger partial charge in [0.2, 0.25) is 0 Å². The Morgan fingerprint density at radius 2 is 2.05 bits per heavy atom. The Labute approximate surface area is 126 Å². The van der Waals surface area contributed by atoms with E-state index in [1.165, 1.54) is 10.9 Å². The summed E-state index contributed by atoms with van der Waals surface area (Å²) in [6.45, 7) is 8.46. The summed E-state index contributed by atoms with van der Waals surface area (Å²) in [5.74, 6) is 0.523. The van der Waals surface area contributed by atoms with E-state index in [1.807, 2.05) is 12.3 Å². The fourth-order valence-electron chi connectivity index (χ4n) is 2.99. The van der Waals surface area contributed by atoms with Crippen molar-refractivity contribution in [3.05, 3.63) is 42.1 Å². The van der Waals surface area contributed by atoms with E-state index in [9.17, 15) is 0 Å². The number of para-hydroxylation sites is 1. The molecule has 3 nitrogen and oxygen atoms in total. The Morgan fingerprint density at radius 1 is 1.24 bits per heavy atom. The standard InChI is InChI=1S/C18H24N2O/c1-18(2,3)20-12-13-9-11-21-17(13)15-8-10-19-16-7-5-4-6-14(15)16/h4-8,10,13,17,20H,9,11-12H2,1-3H3. The molecule has 2 heterocycles. The Kier molecular flexibility index (Phi) is 3.96. The molecule has 3 heteroatoms. The van der Waals surface area contributed by atoms with Crippen LogP contribution in [-0.4, -0.2) is 23.7 Å². The molecule has 0 radical (unpaired) electrons. The van der Waals surface area contributed by atoms with E-state index in [1.54, 1.807) is 0 Å². The van der Waals surface area contributed by atoms with Crippen LogP contribution in [0.4, 0.5) is 0 Å². The minimum absolute atomic E-state index is 0.146. The van der Waals surface area contributed by atoms with Gasteiger partial charge in [-0.3, -0.25) is 4.98 Å². The van der Waals surface area contributed by atoms with E-state index in [0.717, 1.165) is 25.1 Å². The van der Waals surface area contributed by atoms with E-state index in [2.05, 4.69) is 55.3 Å². The molecule has 1 N–H and O–H groups in total. The highest BCUT2D eigenvalue weighted by atomic mass is 16.5. The summed E-state index contributed by atoms with van der Waals surface area (Å²) in [7, 11) is 0. The van der Waals surface area contributed by atoms with Gasteiger partial charge in [-0.1, -0.05) is 18.2 Å². The molecule has 2 aromatic rings. The Hall–Kier alpha value is -1.45. The third-order valence-electron chi connectivity index (χ3n) is 4.10. The van der Waals surface area contributed by atoms with Crippen molar-refractivity contribution >= 4 is 10.9 Å². The van der Waals surface area contributed by atoms with Crippen LogP contribution in [0.1, 0.15) is 38.9 Å². The van der Waals surface area contributed by atoms with Gasteiger partial charge in [0.1, 0.15) is 0 Å². The molecular weight excluding hydrogens is 260 g/mol. The van der Waals surface area contributed by atoms with E-state index in [-0.39, 0.29) is 11.6 Å². The van der Waals surface area contributed by atoms with E-state index >= 15 is 0 Å². The molecule has 0 bridgehead atoms.